The van der Waals surface area contributed by atoms with Gasteiger partial charge in [-0.25, -0.2) is 4.98 Å². The molecule has 82 valence electrons. The lowest BCUT2D eigenvalue weighted by Gasteiger charge is -2.13. The van der Waals surface area contributed by atoms with Crippen molar-refractivity contribution in [2.45, 2.75) is 18.1 Å². The van der Waals surface area contributed by atoms with Gasteiger partial charge in [0.1, 0.15) is 5.03 Å². The van der Waals surface area contributed by atoms with Gasteiger partial charge >= 0.3 is 6.18 Å². The van der Waals surface area contributed by atoms with Crippen LogP contribution >= 0.6 is 11.8 Å². The van der Waals surface area contributed by atoms with E-state index < -0.39 is 11.7 Å². The number of thioether (sulfide) groups is 1. The van der Waals surface area contributed by atoms with Crippen LogP contribution in [0.4, 0.5) is 13.2 Å². The van der Waals surface area contributed by atoms with Crippen LogP contribution in [0.3, 0.4) is 0 Å². The lowest BCUT2D eigenvalue weighted by atomic mass is 10.1. The van der Waals surface area contributed by atoms with Crippen LogP contribution in [0.25, 0.3) is 0 Å². The SMILES string of the molecule is C=CCSc1nccc(C)c1C(F)(F)F. The van der Waals surface area contributed by atoms with Gasteiger partial charge in [0.2, 0.25) is 0 Å². The van der Waals surface area contributed by atoms with Crippen molar-refractivity contribution >= 4 is 11.8 Å². The van der Waals surface area contributed by atoms with E-state index in [0.717, 1.165) is 11.8 Å². The summed E-state index contributed by atoms with van der Waals surface area (Å²) < 4.78 is 38.0. The van der Waals surface area contributed by atoms with Gasteiger partial charge in [-0.2, -0.15) is 13.2 Å². The molecular formula is C10H10F3NS. The van der Waals surface area contributed by atoms with Crippen molar-refractivity contribution in [3.05, 3.63) is 36.0 Å². The molecule has 5 heteroatoms. The minimum absolute atomic E-state index is 0.0161. The van der Waals surface area contributed by atoms with Gasteiger partial charge in [0, 0.05) is 11.9 Å². The molecule has 1 heterocycles. The number of aryl methyl sites for hydroxylation is 1. The first-order valence-corrected chi connectivity index (χ1v) is 5.22. The van der Waals surface area contributed by atoms with Gasteiger partial charge in [0.25, 0.3) is 0 Å². The number of hydrogen-bond acceptors (Lipinski definition) is 2. The largest absolute Gasteiger partial charge is 0.419 e. The van der Waals surface area contributed by atoms with Crippen molar-refractivity contribution in [1.82, 2.24) is 4.98 Å². The van der Waals surface area contributed by atoms with Crippen LogP contribution in [0.2, 0.25) is 0 Å². The Morgan fingerprint density at radius 1 is 1.53 bits per heavy atom. The van der Waals surface area contributed by atoms with Crippen LogP contribution in [0.1, 0.15) is 11.1 Å². The van der Waals surface area contributed by atoms with E-state index in [-0.39, 0.29) is 10.6 Å². The predicted octanol–water partition coefficient (Wildman–Crippen LogP) is 3.69. The lowest BCUT2D eigenvalue weighted by molar-refractivity contribution is -0.140. The maximum Gasteiger partial charge on any atom is 0.419 e. The lowest BCUT2D eigenvalue weighted by Crippen LogP contribution is -2.10. The molecule has 0 aliphatic heterocycles. The van der Waals surface area contributed by atoms with Crippen LogP contribution < -0.4 is 0 Å². The third kappa shape index (κ3) is 2.99. The van der Waals surface area contributed by atoms with Crippen LogP contribution in [0.15, 0.2) is 29.9 Å². The number of alkyl halides is 3. The zero-order valence-corrected chi connectivity index (χ0v) is 8.95. The standard InChI is InChI=1S/C10H10F3NS/c1-3-6-15-9-8(10(11,12)13)7(2)4-5-14-9/h3-5H,1,6H2,2H3. The fourth-order valence-corrected chi connectivity index (χ4v) is 1.96. The van der Waals surface area contributed by atoms with E-state index in [4.69, 9.17) is 0 Å². The van der Waals surface area contributed by atoms with E-state index in [1.165, 1.54) is 19.2 Å². The Morgan fingerprint density at radius 3 is 2.73 bits per heavy atom. The van der Waals surface area contributed by atoms with E-state index in [2.05, 4.69) is 11.6 Å². The Labute approximate surface area is 90.4 Å². The maximum absolute atomic E-state index is 12.7. The molecule has 0 fully saturated rings. The van der Waals surface area contributed by atoms with Crippen molar-refractivity contribution in [1.29, 1.82) is 0 Å². The molecule has 0 bridgehead atoms. The first-order chi connectivity index (χ1) is 6.96. The smallest absolute Gasteiger partial charge is 0.249 e. The van der Waals surface area contributed by atoms with Crippen molar-refractivity contribution < 1.29 is 13.2 Å². The first-order valence-electron chi connectivity index (χ1n) is 4.23. The first kappa shape index (κ1) is 12.1. The van der Waals surface area contributed by atoms with Gasteiger partial charge < -0.3 is 0 Å². The van der Waals surface area contributed by atoms with Gasteiger partial charge in [0.15, 0.2) is 0 Å². The minimum atomic E-state index is -4.35. The highest BCUT2D eigenvalue weighted by Gasteiger charge is 2.35. The Bertz CT molecular complexity index is 360. The van der Waals surface area contributed by atoms with Crippen molar-refractivity contribution in [3.8, 4) is 0 Å². The topological polar surface area (TPSA) is 12.9 Å². The molecule has 1 aromatic rings. The second-order valence-electron chi connectivity index (χ2n) is 2.91. The third-order valence-corrected chi connectivity index (χ3v) is 2.73. The summed E-state index contributed by atoms with van der Waals surface area (Å²) in [4.78, 5) is 3.74. The number of hydrogen-bond donors (Lipinski definition) is 0. The van der Waals surface area contributed by atoms with Crippen LogP contribution in [-0.2, 0) is 6.18 Å². The highest BCUT2D eigenvalue weighted by molar-refractivity contribution is 7.99. The Balaban J connectivity index is 3.14. The number of aromatic nitrogens is 1. The zero-order chi connectivity index (χ0) is 11.5. The highest BCUT2D eigenvalue weighted by Crippen LogP contribution is 2.37. The van der Waals surface area contributed by atoms with Gasteiger partial charge in [-0.3, -0.25) is 0 Å². The Morgan fingerprint density at radius 2 is 2.20 bits per heavy atom. The van der Waals surface area contributed by atoms with Crippen molar-refractivity contribution in [2.24, 2.45) is 0 Å². The molecule has 0 aromatic carbocycles. The number of halogens is 3. The van der Waals surface area contributed by atoms with E-state index in [1.807, 2.05) is 0 Å². The number of nitrogens with zero attached hydrogens (tertiary/aromatic N) is 1. The van der Waals surface area contributed by atoms with Crippen molar-refractivity contribution in [2.75, 3.05) is 5.75 Å². The number of rotatable bonds is 3. The number of pyridine rings is 1. The molecule has 0 aliphatic rings. The zero-order valence-electron chi connectivity index (χ0n) is 8.14. The van der Waals surface area contributed by atoms with Crippen molar-refractivity contribution in [3.63, 3.8) is 0 Å². The van der Waals surface area contributed by atoms with Crippen LogP contribution in [-0.4, -0.2) is 10.7 Å². The van der Waals surface area contributed by atoms with E-state index in [9.17, 15) is 13.2 Å². The van der Waals surface area contributed by atoms with E-state index in [1.54, 1.807) is 6.08 Å². The summed E-state index contributed by atoms with van der Waals surface area (Å²) >= 11 is 1.04. The van der Waals surface area contributed by atoms with E-state index in [0.29, 0.717) is 5.75 Å². The molecule has 0 radical (unpaired) electrons. The molecule has 0 unspecified atom stereocenters. The predicted molar refractivity (Wildman–Crippen MR) is 54.9 cm³/mol. The molecule has 0 saturated carbocycles. The molecule has 0 spiro atoms. The quantitative estimate of drug-likeness (QED) is 0.583. The molecule has 1 nitrogen and oxygen atoms in total. The Kier molecular flexibility index (Phi) is 3.79. The van der Waals surface area contributed by atoms with Gasteiger partial charge in [0.05, 0.1) is 5.56 Å². The average Bonchev–Trinajstić information content (AvgIpc) is 2.12. The van der Waals surface area contributed by atoms with Crippen LogP contribution in [0.5, 0.6) is 0 Å². The molecule has 1 rings (SSSR count). The molecule has 0 amide bonds. The maximum atomic E-state index is 12.7. The van der Waals surface area contributed by atoms with Gasteiger partial charge in [-0.1, -0.05) is 6.08 Å². The molecule has 0 N–H and O–H groups in total. The summed E-state index contributed by atoms with van der Waals surface area (Å²) in [7, 11) is 0. The average molecular weight is 233 g/mol. The second kappa shape index (κ2) is 4.70. The van der Waals surface area contributed by atoms with Crippen LogP contribution in [0, 0.1) is 6.92 Å². The molecule has 15 heavy (non-hydrogen) atoms. The summed E-state index contributed by atoms with van der Waals surface area (Å²) in [5.41, 5.74) is -0.444. The normalized spacial score (nSPS) is 11.5. The Hall–Kier alpha value is -0.970. The molecular weight excluding hydrogens is 223 g/mol. The second-order valence-corrected chi connectivity index (χ2v) is 3.91. The fraction of sp³-hybridized carbons (Fsp3) is 0.300. The van der Waals surface area contributed by atoms with E-state index >= 15 is 0 Å². The monoisotopic (exact) mass is 233 g/mol. The fourth-order valence-electron chi connectivity index (χ4n) is 1.13. The molecule has 0 saturated heterocycles. The summed E-state index contributed by atoms with van der Waals surface area (Å²) in [5, 5.41) is 0.0161. The molecule has 0 atom stereocenters. The molecule has 1 aromatic heterocycles. The summed E-state index contributed by atoms with van der Waals surface area (Å²) in [6.45, 7) is 4.89. The third-order valence-electron chi connectivity index (χ3n) is 1.75. The minimum Gasteiger partial charge on any atom is -0.249 e. The summed E-state index contributed by atoms with van der Waals surface area (Å²) in [6, 6.07) is 1.36. The molecule has 0 aliphatic carbocycles. The summed E-state index contributed by atoms with van der Waals surface area (Å²) in [5.74, 6) is 0.416. The summed E-state index contributed by atoms with van der Waals surface area (Å²) in [6.07, 6.45) is -1.41. The van der Waals surface area contributed by atoms with Gasteiger partial charge in [-0.05, 0) is 18.6 Å². The van der Waals surface area contributed by atoms with Gasteiger partial charge in [-0.15, -0.1) is 18.3 Å². The highest BCUT2D eigenvalue weighted by atomic mass is 32.2.